The molecule has 1 fully saturated rings. The number of carbonyl (C=O) groups excluding carboxylic acids is 1. The molecular formula is C12H12BrNO. The summed E-state index contributed by atoms with van der Waals surface area (Å²) >= 11 is 3.42. The molecule has 0 aliphatic carbocycles. The molecule has 78 valence electrons. The van der Waals surface area contributed by atoms with E-state index in [0.29, 0.717) is 0 Å². The quantitative estimate of drug-likeness (QED) is 0.605. The number of hydrogen-bond acceptors (Lipinski definition) is 2. The van der Waals surface area contributed by atoms with E-state index in [-0.39, 0.29) is 0 Å². The molecular weight excluding hydrogens is 254 g/mol. The second-order valence-electron chi connectivity index (χ2n) is 3.74. The Bertz CT molecular complexity index is 414. The number of halogens is 1. The Kier molecular flexibility index (Phi) is 2.91. The van der Waals surface area contributed by atoms with Crippen molar-refractivity contribution in [1.82, 2.24) is 0 Å². The molecule has 1 aliphatic rings. The zero-order valence-corrected chi connectivity index (χ0v) is 9.96. The van der Waals surface area contributed by atoms with Crippen molar-refractivity contribution in [3.8, 4) is 0 Å². The summed E-state index contributed by atoms with van der Waals surface area (Å²) in [5.74, 6) is 0. The molecule has 0 spiro atoms. The second kappa shape index (κ2) is 4.19. The van der Waals surface area contributed by atoms with Gasteiger partial charge >= 0.3 is 0 Å². The summed E-state index contributed by atoms with van der Waals surface area (Å²) in [6.45, 7) is 5.78. The highest BCUT2D eigenvalue weighted by atomic mass is 79.9. The lowest BCUT2D eigenvalue weighted by Crippen LogP contribution is -2.19. The maximum Gasteiger partial charge on any atom is 0.152 e. The molecule has 0 unspecified atom stereocenters. The number of anilines is 1. The average Bonchev–Trinajstić information content (AvgIpc) is 2.65. The minimum absolute atomic E-state index is 0.743. The first-order valence-electron chi connectivity index (χ1n) is 4.87. The van der Waals surface area contributed by atoms with E-state index < -0.39 is 0 Å². The predicted octanol–water partition coefficient (Wildman–Crippen LogP) is 3.03. The third kappa shape index (κ3) is 2.12. The van der Waals surface area contributed by atoms with Crippen LogP contribution < -0.4 is 4.90 Å². The van der Waals surface area contributed by atoms with Gasteiger partial charge in [-0.25, -0.2) is 0 Å². The van der Waals surface area contributed by atoms with Crippen LogP contribution in [0.1, 0.15) is 16.8 Å². The SMILES string of the molecule is C=C1CCN(c2cc(Br)ccc2C=O)C1. The number of aldehydes is 1. The lowest BCUT2D eigenvalue weighted by atomic mass is 10.2. The molecule has 0 amide bonds. The van der Waals surface area contributed by atoms with Gasteiger partial charge in [-0.2, -0.15) is 0 Å². The van der Waals surface area contributed by atoms with Crippen molar-refractivity contribution in [1.29, 1.82) is 0 Å². The van der Waals surface area contributed by atoms with Gasteiger partial charge in [0.05, 0.1) is 0 Å². The van der Waals surface area contributed by atoms with Crippen LogP contribution in [0.5, 0.6) is 0 Å². The molecule has 1 heterocycles. The van der Waals surface area contributed by atoms with Gasteiger partial charge in [0.25, 0.3) is 0 Å². The first-order chi connectivity index (χ1) is 7.20. The Balaban J connectivity index is 2.37. The Morgan fingerprint density at radius 3 is 2.87 bits per heavy atom. The molecule has 2 rings (SSSR count). The average molecular weight is 266 g/mol. The predicted molar refractivity (Wildman–Crippen MR) is 65.5 cm³/mol. The topological polar surface area (TPSA) is 20.3 Å². The molecule has 0 atom stereocenters. The standard InChI is InChI=1S/C12H12BrNO/c1-9-4-5-14(7-9)12-6-11(13)3-2-10(12)8-15/h2-3,6,8H,1,4-5,7H2. The van der Waals surface area contributed by atoms with Crippen LogP contribution in [0.4, 0.5) is 5.69 Å². The molecule has 0 aromatic heterocycles. The van der Waals surface area contributed by atoms with Crippen LogP contribution in [-0.2, 0) is 0 Å². The van der Waals surface area contributed by atoms with E-state index in [9.17, 15) is 4.79 Å². The number of benzene rings is 1. The van der Waals surface area contributed by atoms with Crippen LogP contribution in [0, 0.1) is 0 Å². The lowest BCUT2D eigenvalue weighted by Gasteiger charge is -2.19. The third-order valence-corrected chi connectivity index (χ3v) is 3.10. The second-order valence-corrected chi connectivity index (χ2v) is 4.66. The Morgan fingerprint density at radius 2 is 2.27 bits per heavy atom. The Morgan fingerprint density at radius 1 is 1.47 bits per heavy atom. The Hall–Kier alpha value is -1.09. The number of rotatable bonds is 2. The summed E-state index contributed by atoms with van der Waals surface area (Å²) in [5, 5.41) is 0. The normalized spacial score (nSPS) is 15.8. The van der Waals surface area contributed by atoms with E-state index in [0.717, 1.165) is 41.5 Å². The van der Waals surface area contributed by atoms with Gasteiger partial charge in [-0.05, 0) is 24.6 Å². The smallest absolute Gasteiger partial charge is 0.152 e. The van der Waals surface area contributed by atoms with Crippen LogP contribution in [0.25, 0.3) is 0 Å². The fourth-order valence-electron chi connectivity index (χ4n) is 1.82. The maximum absolute atomic E-state index is 10.9. The van der Waals surface area contributed by atoms with E-state index >= 15 is 0 Å². The van der Waals surface area contributed by atoms with E-state index in [4.69, 9.17) is 0 Å². The fourth-order valence-corrected chi connectivity index (χ4v) is 2.17. The molecule has 1 aromatic rings. The first-order valence-corrected chi connectivity index (χ1v) is 5.66. The van der Waals surface area contributed by atoms with Gasteiger partial charge in [0.15, 0.2) is 6.29 Å². The van der Waals surface area contributed by atoms with Crippen molar-refractivity contribution in [2.75, 3.05) is 18.0 Å². The third-order valence-electron chi connectivity index (χ3n) is 2.61. The fraction of sp³-hybridized carbons (Fsp3) is 0.250. The summed E-state index contributed by atoms with van der Waals surface area (Å²) < 4.78 is 1.00. The minimum Gasteiger partial charge on any atom is -0.367 e. The van der Waals surface area contributed by atoms with Crippen LogP contribution in [0.15, 0.2) is 34.8 Å². The lowest BCUT2D eigenvalue weighted by molar-refractivity contribution is 0.112. The minimum atomic E-state index is 0.743. The summed E-state index contributed by atoms with van der Waals surface area (Å²) in [7, 11) is 0. The molecule has 3 heteroatoms. The van der Waals surface area contributed by atoms with Gasteiger partial charge in [0.2, 0.25) is 0 Å². The van der Waals surface area contributed by atoms with Crippen molar-refractivity contribution in [2.45, 2.75) is 6.42 Å². The molecule has 15 heavy (non-hydrogen) atoms. The summed E-state index contributed by atoms with van der Waals surface area (Å²) in [6, 6.07) is 5.72. The number of nitrogens with zero attached hydrogens (tertiary/aromatic N) is 1. The van der Waals surface area contributed by atoms with Crippen LogP contribution in [0.3, 0.4) is 0 Å². The highest BCUT2D eigenvalue weighted by molar-refractivity contribution is 9.10. The van der Waals surface area contributed by atoms with Gasteiger partial charge in [-0.1, -0.05) is 28.1 Å². The molecule has 0 bridgehead atoms. The largest absolute Gasteiger partial charge is 0.367 e. The van der Waals surface area contributed by atoms with E-state index in [2.05, 4.69) is 27.4 Å². The molecule has 0 saturated carbocycles. The zero-order valence-electron chi connectivity index (χ0n) is 8.37. The van der Waals surface area contributed by atoms with Crippen molar-refractivity contribution < 1.29 is 4.79 Å². The van der Waals surface area contributed by atoms with Crippen LogP contribution in [-0.4, -0.2) is 19.4 Å². The highest BCUT2D eigenvalue weighted by Gasteiger charge is 2.17. The van der Waals surface area contributed by atoms with Crippen molar-refractivity contribution in [2.24, 2.45) is 0 Å². The van der Waals surface area contributed by atoms with Crippen molar-refractivity contribution in [3.05, 3.63) is 40.4 Å². The first kappa shape index (κ1) is 10.4. The number of carbonyl (C=O) groups is 1. The van der Waals surface area contributed by atoms with Gasteiger partial charge in [-0.3, -0.25) is 4.79 Å². The van der Waals surface area contributed by atoms with E-state index in [1.807, 2.05) is 18.2 Å². The number of hydrogen-bond donors (Lipinski definition) is 0. The van der Waals surface area contributed by atoms with E-state index in [1.165, 1.54) is 5.57 Å². The summed E-state index contributed by atoms with van der Waals surface area (Å²) in [4.78, 5) is 13.1. The van der Waals surface area contributed by atoms with Crippen molar-refractivity contribution in [3.63, 3.8) is 0 Å². The summed E-state index contributed by atoms with van der Waals surface area (Å²) in [6.07, 6.45) is 1.92. The Labute approximate surface area is 97.7 Å². The molecule has 0 radical (unpaired) electrons. The molecule has 0 N–H and O–H groups in total. The molecule has 1 saturated heterocycles. The van der Waals surface area contributed by atoms with Gasteiger partial charge < -0.3 is 4.90 Å². The van der Waals surface area contributed by atoms with Gasteiger partial charge in [0.1, 0.15) is 0 Å². The highest BCUT2D eigenvalue weighted by Crippen LogP contribution is 2.28. The van der Waals surface area contributed by atoms with Gasteiger partial charge in [0, 0.05) is 28.8 Å². The van der Waals surface area contributed by atoms with Crippen LogP contribution >= 0.6 is 15.9 Å². The summed E-state index contributed by atoms with van der Waals surface area (Å²) in [5.41, 5.74) is 2.97. The van der Waals surface area contributed by atoms with Crippen LogP contribution in [0.2, 0.25) is 0 Å². The zero-order chi connectivity index (χ0) is 10.8. The van der Waals surface area contributed by atoms with Gasteiger partial charge in [-0.15, -0.1) is 0 Å². The molecule has 2 nitrogen and oxygen atoms in total. The maximum atomic E-state index is 10.9. The monoisotopic (exact) mass is 265 g/mol. The van der Waals surface area contributed by atoms with E-state index in [1.54, 1.807) is 0 Å². The molecule has 1 aromatic carbocycles. The van der Waals surface area contributed by atoms with Crippen molar-refractivity contribution >= 4 is 27.9 Å². The molecule has 1 aliphatic heterocycles.